The van der Waals surface area contributed by atoms with Crippen molar-refractivity contribution in [2.75, 3.05) is 27.2 Å². The van der Waals surface area contributed by atoms with Gasteiger partial charge < -0.3 is 15.0 Å². The molecule has 0 radical (unpaired) electrons. The van der Waals surface area contributed by atoms with E-state index in [0.717, 1.165) is 25.2 Å². The van der Waals surface area contributed by atoms with Gasteiger partial charge in [-0.2, -0.15) is 5.26 Å². The number of hydrogen-bond acceptors (Lipinski definition) is 4. The number of ether oxygens (including phenoxy) is 1. The molecule has 0 aliphatic carbocycles. The summed E-state index contributed by atoms with van der Waals surface area (Å²) in [5.41, 5.74) is 1.74. The zero-order valence-corrected chi connectivity index (χ0v) is 11.6. The van der Waals surface area contributed by atoms with Gasteiger partial charge in [0.05, 0.1) is 12.7 Å². The lowest BCUT2D eigenvalue weighted by Gasteiger charge is -2.29. The van der Waals surface area contributed by atoms with Gasteiger partial charge in [0.2, 0.25) is 0 Å². The lowest BCUT2D eigenvalue weighted by molar-refractivity contribution is 0.234. The number of piperidine rings is 1. The van der Waals surface area contributed by atoms with Gasteiger partial charge in [-0.15, -0.1) is 0 Å². The molecular weight excluding hydrogens is 238 g/mol. The molecule has 1 N–H and O–H groups in total. The van der Waals surface area contributed by atoms with E-state index in [1.807, 2.05) is 18.2 Å². The summed E-state index contributed by atoms with van der Waals surface area (Å²) in [7, 11) is 3.76. The first-order valence-electron chi connectivity index (χ1n) is 6.72. The second-order valence-electron chi connectivity index (χ2n) is 5.10. The van der Waals surface area contributed by atoms with Crippen LogP contribution in [0.1, 0.15) is 24.0 Å². The fraction of sp³-hybridized carbons (Fsp3) is 0.533. The van der Waals surface area contributed by atoms with Gasteiger partial charge >= 0.3 is 0 Å². The summed E-state index contributed by atoms with van der Waals surface area (Å²) >= 11 is 0. The van der Waals surface area contributed by atoms with E-state index in [9.17, 15) is 0 Å². The van der Waals surface area contributed by atoms with E-state index >= 15 is 0 Å². The number of nitrogens with one attached hydrogen (secondary N) is 1. The second-order valence-corrected chi connectivity index (χ2v) is 5.10. The van der Waals surface area contributed by atoms with Crippen molar-refractivity contribution in [2.45, 2.75) is 25.4 Å². The number of rotatable bonds is 4. The van der Waals surface area contributed by atoms with Crippen molar-refractivity contribution in [3.8, 4) is 11.8 Å². The van der Waals surface area contributed by atoms with Crippen molar-refractivity contribution in [1.82, 2.24) is 10.2 Å². The van der Waals surface area contributed by atoms with Gasteiger partial charge in [0, 0.05) is 12.6 Å². The molecule has 0 saturated carbocycles. The zero-order chi connectivity index (χ0) is 13.7. The molecule has 1 heterocycles. The average molecular weight is 259 g/mol. The third-order valence-electron chi connectivity index (χ3n) is 3.70. The van der Waals surface area contributed by atoms with E-state index in [1.165, 1.54) is 12.8 Å². The lowest BCUT2D eigenvalue weighted by Crippen LogP contribution is -2.40. The summed E-state index contributed by atoms with van der Waals surface area (Å²) in [6.45, 7) is 3.13. The molecule has 4 nitrogen and oxygen atoms in total. The molecule has 19 heavy (non-hydrogen) atoms. The van der Waals surface area contributed by atoms with Crippen LogP contribution < -0.4 is 10.1 Å². The minimum Gasteiger partial charge on any atom is -0.495 e. The first kappa shape index (κ1) is 13.9. The van der Waals surface area contributed by atoms with Crippen LogP contribution in [0.5, 0.6) is 5.75 Å². The Hall–Kier alpha value is -1.57. The van der Waals surface area contributed by atoms with Gasteiger partial charge in [0.15, 0.2) is 0 Å². The molecule has 0 aromatic heterocycles. The molecule has 1 aromatic rings. The molecule has 0 spiro atoms. The first-order valence-corrected chi connectivity index (χ1v) is 6.72. The monoisotopic (exact) mass is 259 g/mol. The first-order chi connectivity index (χ1) is 9.22. The summed E-state index contributed by atoms with van der Waals surface area (Å²) in [5.74, 6) is 0.644. The number of methoxy groups -OCH3 is 1. The summed E-state index contributed by atoms with van der Waals surface area (Å²) in [6, 6.07) is 8.54. The van der Waals surface area contributed by atoms with Crippen LogP contribution in [0.2, 0.25) is 0 Å². The quantitative estimate of drug-likeness (QED) is 0.895. The van der Waals surface area contributed by atoms with Crippen LogP contribution in [0.25, 0.3) is 0 Å². The fourth-order valence-corrected chi connectivity index (χ4v) is 2.43. The highest BCUT2D eigenvalue weighted by atomic mass is 16.5. The topological polar surface area (TPSA) is 48.3 Å². The number of likely N-dealkylation sites (tertiary alicyclic amines) is 1. The maximum Gasteiger partial charge on any atom is 0.136 e. The Morgan fingerprint density at radius 1 is 1.42 bits per heavy atom. The maximum absolute atomic E-state index is 9.06. The van der Waals surface area contributed by atoms with Gasteiger partial charge in [-0.1, -0.05) is 6.07 Å². The van der Waals surface area contributed by atoms with E-state index in [0.29, 0.717) is 17.4 Å². The lowest BCUT2D eigenvalue weighted by atomic mass is 10.0. The van der Waals surface area contributed by atoms with Crippen molar-refractivity contribution >= 4 is 0 Å². The van der Waals surface area contributed by atoms with Crippen LogP contribution in [0, 0.1) is 11.3 Å². The highest BCUT2D eigenvalue weighted by molar-refractivity contribution is 5.45. The predicted molar refractivity (Wildman–Crippen MR) is 75.1 cm³/mol. The van der Waals surface area contributed by atoms with Crippen molar-refractivity contribution in [1.29, 1.82) is 5.26 Å². The van der Waals surface area contributed by atoms with Crippen molar-refractivity contribution in [2.24, 2.45) is 0 Å². The minimum absolute atomic E-state index is 0.587. The van der Waals surface area contributed by atoms with E-state index in [1.54, 1.807) is 7.11 Å². The number of nitrogens with zero attached hydrogens (tertiary/aromatic N) is 2. The minimum atomic E-state index is 0.587. The number of nitriles is 1. The summed E-state index contributed by atoms with van der Waals surface area (Å²) in [5, 5.41) is 12.6. The summed E-state index contributed by atoms with van der Waals surface area (Å²) < 4.78 is 5.15. The molecule has 0 bridgehead atoms. The van der Waals surface area contributed by atoms with Gasteiger partial charge in [-0.3, -0.25) is 0 Å². The van der Waals surface area contributed by atoms with Gasteiger partial charge in [0.1, 0.15) is 11.8 Å². The third kappa shape index (κ3) is 3.69. The molecule has 0 atom stereocenters. The van der Waals surface area contributed by atoms with Crippen LogP contribution in [0.4, 0.5) is 0 Å². The molecule has 2 rings (SSSR count). The molecular formula is C15H21N3O. The molecule has 1 aliphatic rings. The Morgan fingerprint density at radius 2 is 2.16 bits per heavy atom. The van der Waals surface area contributed by atoms with Crippen LogP contribution in [-0.2, 0) is 6.54 Å². The highest BCUT2D eigenvalue weighted by Gasteiger charge is 2.15. The van der Waals surface area contributed by atoms with Crippen LogP contribution in [0.3, 0.4) is 0 Å². The molecule has 0 unspecified atom stereocenters. The number of hydrogen-bond donors (Lipinski definition) is 1. The maximum atomic E-state index is 9.06. The average Bonchev–Trinajstić information content (AvgIpc) is 2.46. The van der Waals surface area contributed by atoms with E-state index < -0.39 is 0 Å². The van der Waals surface area contributed by atoms with E-state index in [-0.39, 0.29) is 0 Å². The highest BCUT2D eigenvalue weighted by Crippen LogP contribution is 2.19. The Labute approximate surface area is 115 Å². The normalized spacial score (nSPS) is 17.1. The summed E-state index contributed by atoms with van der Waals surface area (Å²) in [6.07, 6.45) is 2.38. The van der Waals surface area contributed by atoms with Crippen LogP contribution >= 0.6 is 0 Å². The van der Waals surface area contributed by atoms with E-state index in [2.05, 4.69) is 23.3 Å². The standard InChI is InChI=1S/C15H21N3O/c1-18-7-5-14(6-8-18)17-11-12-3-4-15(19-2)13(9-12)10-16/h3-4,9,14,17H,5-8,11H2,1-2H3. The molecule has 1 aromatic carbocycles. The molecule has 0 amide bonds. The van der Waals surface area contributed by atoms with Gasteiger partial charge in [0.25, 0.3) is 0 Å². The van der Waals surface area contributed by atoms with E-state index in [4.69, 9.17) is 10.00 Å². The Kier molecular flexibility index (Phi) is 4.78. The summed E-state index contributed by atoms with van der Waals surface area (Å²) in [4.78, 5) is 2.36. The zero-order valence-electron chi connectivity index (χ0n) is 11.6. The van der Waals surface area contributed by atoms with Gasteiger partial charge in [-0.05, 0) is 50.7 Å². The van der Waals surface area contributed by atoms with Crippen molar-refractivity contribution in [3.63, 3.8) is 0 Å². The third-order valence-corrected chi connectivity index (χ3v) is 3.70. The molecule has 1 saturated heterocycles. The molecule has 102 valence electrons. The Morgan fingerprint density at radius 3 is 2.79 bits per heavy atom. The predicted octanol–water partition coefficient (Wildman–Crippen LogP) is 1.75. The molecule has 4 heteroatoms. The second kappa shape index (κ2) is 6.55. The largest absolute Gasteiger partial charge is 0.495 e. The van der Waals surface area contributed by atoms with Gasteiger partial charge in [-0.25, -0.2) is 0 Å². The fourth-order valence-electron chi connectivity index (χ4n) is 2.43. The Balaban J connectivity index is 1.91. The molecule has 1 aliphatic heterocycles. The Bertz CT molecular complexity index is 459. The SMILES string of the molecule is COc1ccc(CNC2CCN(C)CC2)cc1C#N. The van der Waals surface area contributed by atoms with Crippen LogP contribution in [-0.4, -0.2) is 38.2 Å². The van der Waals surface area contributed by atoms with Crippen molar-refractivity contribution in [3.05, 3.63) is 29.3 Å². The van der Waals surface area contributed by atoms with Crippen LogP contribution in [0.15, 0.2) is 18.2 Å². The van der Waals surface area contributed by atoms with Crippen molar-refractivity contribution < 1.29 is 4.74 Å². The number of benzene rings is 1. The smallest absolute Gasteiger partial charge is 0.136 e. The molecule has 1 fully saturated rings.